The standard InChI is InChI=1S/C24H25N5O4/c1-14(30)23-26-8-9-29(23)21(13-27-24(31)32)20-10-22(33-28-20)16-5-2-15(3-6-16)4-7-17-18-11-25-12-19(17)18/h2-3,5-6,8-10,14,17-19,21,25,27,30H,11-13H2,1H3,(H,31,32)/t14-,17-,18+,19-,21+/m0/s1. The second-order valence-corrected chi connectivity index (χ2v) is 8.54. The summed E-state index contributed by atoms with van der Waals surface area (Å²) in [6.45, 7) is 3.81. The molecule has 9 heteroatoms. The third kappa shape index (κ3) is 4.35. The fraction of sp³-hybridized carbons (Fsp3) is 0.375. The van der Waals surface area contributed by atoms with E-state index in [1.54, 1.807) is 30.0 Å². The molecule has 2 aliphatic rings. The van der Waals surface area contributed by atoms with Crippen LogP contribution in [0.1, 0.15) is 36.2 Å². The van der Waals surface area contributed by atoms with Crippen LogP contribution in [0.2, 0.25) is 0 Å². The van der Waals surface area contributed by atoms with Crippen LogP contribution in [0.15, 0.2) is 47.2 Å². The number of hydrogen-bond donors (Lipinski definition) is 4. The number of carboxylic acid groups (broad SMARTS) is 1. The highest BCUT2D eigenvalue weighted by atomic mass is 16.5. The lowest BCUT2D eigenvalue weighted by molar-refractivity contribution is 0.180. The lowest BCUT2D eigenvalue weighted by Gasteiger charge is -2.19. The number of carbonyl (C=O) groups is 1. The Labute approximate surface area is 190 Å². The van der Waals surface area contributed by atoms with E-state index < -0.39 is 18.2 Å². The van der Waals surface area contributed by atoms with Gasteiger partial charge in [-0.25, -0.2) is 9.78 Å². The number of aliphatic hydroxyl groups is 1. The molecule has 2 fully saturated rings. The third-order valence-electron chi connectivity index (χ3n) is 6.37. The highest BCUT2D eigenvalue weighted by Crippen LogP contribution is 2.48. The van der Waals surface area contributed by atoms with E-state index in [2.05, 4.69) is 32.6 Å². The summed E-state index contributed by atoms with van der Waals surface area (Å²) < 4.78 is 7.27. The minimum atomic E-state index is -1.15. The summed E-state index contributed by atoms with van der Waals surface area (Å²) >= 11 is 0. The average molecular weight is 447 g/mol. The van der Waals surface area contributed by atoms with Crippen molar-refractivity contribution in [2.45, 2.75) is 19.1 Å². The first kappa shape index (κ1) is 21.2. The number of hydrogen-bond acceptors (Lipinski definition) is 6. The van der Waals surface area contributed by atoms with Crippen molar-refractivity contribution < 1.29 is 19.5 Å². The van der Waals surface area contributed by atoms with Crippen molar-refractivity contribution in [2.75, 3.05) is 19.6 Å². The number of amides is 1. The highest BCUT2D eigenvalue weighted by Gasteiger charge is 2.51. The molecule has 0 unspecified atom stereocenters. The number of piperidine rings is 1. The molecule has 170 valence electrons. The van der Waals surface area contributed by atoms with Gasteiger partial charge in [-0.15, -0.1) is 0 Å². The molecule has 33 heavy (non-hydrogen) atoms. The summed E-state index contributed by atoms with van der Waals surface area (Å²) in [5.41, 5.74) is 2.33. The van der Waals surface area contributed by atoms with Crippen molar-refractivity contribution in [1.29, 1.82) is 0 Å². The van der Waals surface area contributed by atoms with Crippen molar-refractivity contribution in [3.63, 3.8) is 0 Å². The van der Waals surface area contributed by atoms with Gasteiger partial charge in [0, 0.05) is 42.0 Å². The summed E-state index contributed by atoms with van der Waals surface area (Å²) in [5.74, 6) is 9.61. The van der Waals surface area contributed by atoms with Crippen LogP contribution in [0.25, 0.3) is 11.3 Å². The first-order valence-electron chi connectivity index (χ1n) is 11.0. The molecule has 2 aromatic heterocycles. The molecular formula is C24H25N5O4. The van der Waals surface area contributed by atoms with Gasteiger partial charge in [0.25, 0.3) is 0 Å². The largest absolute Gasteiger partial charge is 0.465 e. The van der Waals surface area contributed by atoms with Crippen molar-refractivity contribution in [1.82, 2.24) is 25.3 Å². The Balaban J connectivity index is 1.34. The number of rotatable bonds is 6. The number of imidazole rings is 1. The molecule has 4 N–H and O–H groups in total. The summed E-state index contributed by atoms with van der Waals surface area (Å²) in [5, 5.41) is 29.0. The zero-order valence-corrected chi connectivity index (χ0v) is 18.1. The van der Waals surface area contributed by atoms with Crippen molar-refractivity contribution in [3.8, 4) is 23.2 Å². The monoisotopic (exact) mass is 447 g/mol. The number of aliphatic hydroxyl groups excluding tert-OH is 1. The Hall–Kier alpha value is -3.61. The number of fused-ring (bicyclic) bond motifs is 1. The predicted molar refractivity (Wildman–Crippen MR) is 119 cm³/mol. The quantitative estimate of drug-likeness (QED) is 0.427. The maximum Gasteiger partial charge on any atom is 0.404 e. The van der Waals surface area contributed by atoms with Gasteiger partial charge in [0.15, 0.2) is 5.76 Å². The summed E-state index contributed by atoms with van der Waals surface area (Å²) in [7, 11) is 0. The van der Waals surface area contributed by atoms with Crippen LogP contribution in [0.3, 0.4) is 0 Å². The minimum Gasteiger partial charge on any atom is -0.465 e. The molecule has 9 nitrogen and oxygen atoms in total. The van der Waals surface area contributed by atoms with Gasteiger partial charge in [-0.1, -0.05) is 17.0 Å². The Kier molecular flexibility index (Phi) is 5.62. The highest BCUT2D eigenvalue weighted by molar-refractivity contribution is 5.64. The van der Waals surface area contributed by atoms with Crippen molar-refractivity contribution >= 4 is 6.09 Å². The number of aromatic nitrogens is 3. The van der Waals surface area contributed by atoms with Crippen LogP contribution >= 0.6 is 0 Å². The molecule has 5 atom stereocenters. The Morgan fingerprint density at radius 3 is 2.79 bits per heavy atom. The van der Waals surface area contributed by atoms with Crippen LogP contribution in [0.5, 0.6) is 0 Å². The zero-order valence-electron chi connectivity index (χ0n) is 18.1. The van der Waals surface area contributed by atoms with E-state index in [1.807, 2.05) is 24.3 Å². The van der Waals surface area contributed by atoms with E-state index in [0.717, 1.165) is 36.1 Å². The first-order chi connectivity index (χ1) is 16.0. The fourth-order valence-corrected chi connectivity index (χ4v) is 4.54. The number of nitrogens with zero attached hydrogens (tertiary/aromatic N) is 3. The number of benzene rings is 1. The van der Waals surface area contributed by atoms with E-state index in [1.165, 1.54) is 0 Å². The second-order valence-electron chi connectivity index (χ2n) is 8.54. The van der Waals surface area contributed by atoms with Crippen LogP contribution in [0.4, 0.5) is 4.79 Å². The van der Waals surface area contributed by atoms with Crippen LogP contribution < -0.4 is 10.6 Å². The summed E-state index contributed by atoms with van der Waals surface area (Å²) in [4.78, 5) is 15.3. The second kappa shape index (κ2) is 8.73. The molecule has 5 rings (SSSR count). The predicted octanol–water partition coefficient (Wildman–Crippen LogP) is 2.27. The topological polar surface area (TPSA) is 125 Å². The zero-order chi connectivity index (χ0) is 22.9. The summed E-state index contributed by atoms with van der Waals surface area (Å²) in [6, 6.07) is 9.05. The van der Waals surface area contributed by atoms with Crippen LogP contribution in [-0.4, -0.2) is 50.6 Å². The molecule has 1 amide bonds. The molecule has 0 bridgehead atoms. The Morgan fingerprint density at radius 2 is 2.09 bits per heavy atom. The average Bonchev–Trinajstić information content (AvgIpc) is 3.33. The Bertz CT molecular complexity index is 1190. The van der Waals surface area contributed by atoms with E-state index in [-0.39, 0.29) is 6.54 Å². The fourth-order valence-electron chi connectivity index (χ4n) is 4.54. The van der Waals surface area contributed by atoms with Gasteiger partial charge in [0.2, 0.25) is 0 Å². The molecule has 1 saturated heterocycles. The molecule has 1 aliphatic heterocycles. The molecule has 1 aromatic carbocycles. The van der Waals surface area contributed by atoms with Gasteiger partial charge in [-0.05, 0) is 56.1 Å². The van der Waals surface area contributed by atoms with Gasteiger partial charge in [-0.3, -0.25) is 0 Å². The van der Waals surface area contributed by atoms with E-state index in [9.17, 15) is 9.90 Å². The Morgan fingerprint density at radius 1 is 1.33 bits per heavy atom. The van der Waals surface area contributed by atoms with Crippen LogP contribution in [-0.2, 0) is 0 Å². The SMILES string of the molecule is C[C@H](O)c1nccn1[C@H](CNC(=O)O)c1cc(-c2ccc(C#C[C@H]3[C@H]4CNC[C@@H]34)cc2)on1. The van der Waals surface area contributed by atoms with Gasteiger partial charge >= 0.3 is 6.09 Å². The maximum absolute atomic E-state index is 11.1. The molecule has 0 radical (unpaired) electrons. The smallest absolute Gasteiger partial charge is 0.404 e. The summed E-state index contributed by atoms with van der Waals surface area (Å²) in [6.07, 6.45) is 1.27. The molecule has 0 spiro atoms. The van der Waals surface area contributed by atoms with Crippen molar-refractivity contribution in [2.24, 2.45) is 17.8 Å². The molecule has 3 heterocycles. The normalized spacial score (nSPS) is 22.7. The van der Waals surface area contributed by atoms with E-state index in [0.29, 0.717) is 23.2 Å². The van der Waals surface area contributed by atoms with Gasteiger partial charge < -0.3 is 29.9 Å². The maximum atomic E-state index is 11.1. The molecule has 1 aliphatic carbocycles. The first-order valence-corrected chi connectivity index (χ1v) is 11.0. The lowest BCUT2D eigenvalue weighted by atomic mass is 10.1. The lowest BCUT2D eigenvalue weighted by Crippen LogP contribution is -2.31. The number of nitrogens with one attached hydrogen (secondary N) is 2. The van der Waals surface area contributed by atoms with Crippen molar-refractivity contribution in [3.05, 3.63) is 59.8 Å². The van der Waals surface area contributed by atoms with Crippen LogP contribution in [0, 0.1) is 29.6 Å². The molecular weight excluding hydrogens is 422 g/mol. The van der Waals surface area contributed by atoms with E-state index in [4.69, 9.17) is 9.63 Å². The molecule has 3 aromatic rings. The minimum absolute atomic E-state index is 0.0462. The van der Waals surface area contributed by atoms with Gasteiger partial charge in [0.05, 0.1) is 6.04 Å². The third-order valence-corrected chi connectivity index (χ3v) is 6.37. The van der Waals surface area contributed by atoms with Gasteiger partial charge in [-0.2, -0.15) is 0 Å². The molecule has 1 saturated carbocycles. The van der Waals surface area contributed by atoms with E-state index >= 15 is 0 Å². The van der Waals surface area contributed by atoms with Gasteiger partial charge in [0.1, 0.15) is 17.6 Å².